The summed E-state index contributed by atoms with van der Waals surface area (Å²) in [5.74, 6) is 2.27. The zero-order valence-corrected chi connectivity index (χ0v) is 6.44. The van der Waals surface area contributed by atoms with Crippen LogP contribution in [0.2, 0.25) is 0 Å². The first-order valence-corrected chi connectivity index (χ1v) is 4.15. The third-order valence-electron chi connectivity index (χ3n) is 2.73. The Hall–Kier alpha value is -0.550. The van der Waals surface area contributed by atoms with Gasteiger partial charge in [-0.3, -0.25) is 0 Å². The smallest absolute Gasteiger partial charge is 0.173 e. The van der Waals surface area contributed by atoms with E-state index in [2.05, 4.69) is 11.2 Å². The predicted molar refractivity (Wildman–Crippen MR) is 41.9 cm³/mol. The molecule has 0 saturated carbocycles. The molecule has 2 unspecified atom stereocenters. The molecule has 2 rings (SSSR count). The first-order chi connectivity index (χ1) is 5.22. The van der Waals surface area contributed by atoms with Gasteiger partial charge in [0, 0.05) is 24.9 Å². The van der Waals surface area contributed by atoms with E-state index in [-0.39, 0.29) is 0 Å². The van der Waals surface area contributed by atoms with Gasteiger partial charge in [0.1, 0.15) is 0 Å². The minimum absolute atomic E-state index is 0.342. The van der Waals surface area contributed by atoms with Crippen LogP contribution in [0, 0.1) is 12.3 Å². The molecule has 0 amide bonds. The Balaban J connectivity index is 2.15. The van der Waals surface area contributed by atoms with Gasteiger partial charge in [0.15, 0.2) is 5.67 Å². The molecule has 11 heavy (non-hydrogen) atoms. The predicted octanol–water partition coefficient (Wildman–Crippen LogP) is 1.24. The quantitative estimate of drug-likeness (QED) is 0.516. The topological polar surface area (TPSA) is 12.0 Å². The van der Waals surface area contributed by atoms with Gasteiger partial charge in [0.2, 0.25) is 0 Å². The van der Waals surface area contributed by atoms with Gasteiger partial charge in [-0.15, -0.1) is 6.42 Å². The molecule has 2 heterocycles. The number of hydrogen-bond acceptors (Lipinski definition) is 1. The SMILES string of the molecule is C#CC1(F)CC2CCC(C1)N2. The van der Waals surface area contributed by atoms with Crippen LogP contribution in [0.4, 0.5) is 4.39 Å². The maximum absolute atomic E-state index is 13.6. The van der Waals surface area contributed by atoms with Gasteiger partial charge in [0.25, 0.3) is 0 Å². The molecule has 2 atom stereocenters. The van der Waals surface area contributed by atoms with Crippen LogP contribution in [0.1, 0.15) is 25.7 Å². The Labute approximate surface area is 66.4 Å². The summed E-state index contributed by atoms with van der Waals surface area (Å²) in [6.07, 6.45) is 8.36. The molecule has 0 aliphatic carbocycles. The Bertz CT molecular complexity index is 194. The average Bonchev–Trinajstić information content (AvgIpc) is 2.31. The zero-order valence-electron chi connectivity index (χ0n) is 6.44. The average molecular weight is 153 g/mol. The molecule has 2 heteroatoms. The number of hydrogen-bond donors (Lipinski definition) is 1. The van der Waals surface area contributed by atoms with Gasteiger partial charge in [0.05, 0.1) is 0 Å². The minimum Gasteiger partial charge on any atom is -0.311 e. The Morgan fingerprint density at radius 1 is 1.36 bits per heavy atom. The van der Waals surface area contributed by atoms with Gasteiger partial charge in [-0.05, 0) is 12.8 Å². The minimum atomic E-state index is -1.31. The van der Waals surface area contributed by atoms with E-state index in [0.29, 0.717) is 24.9 Å². The molecule has 60 valence electrons. The van der Waals surface area contributed by atoms with E-state index < -0.39 is 5.67 Å². The summed E-state index contributed by atoms with van der Waals surface area (Å²) < 4.78 is 13.6. The van der Waals surface area contributed by atoms with Gasteiger partial charge in [-0.1, -0.05) is 5.92 Å². The van der Waals surface area contributed by atoms with Crippen LogP contribution in [-0.2, 0) is 0 Å². The highest BCUT2D eigenvalue weighted by Crippen LogP contribution is 2.35. The van der Waals surface area contributed by atoms with Gasteiger partial charge in [-0.25, -0.2) is 4.39 Å². The van der Waals surface area contributed by atoms with Crippen molar-refractivity contribution in [2.45, 2.75) is 43.4 Å². The molecule has 2 aliphatic rings. The lowest BCUT2D eigenvalue weighted by atomic mass is 9.90. The van der Waals surface area contributed by atoms with E-state index >= 15 is 0 Å². The standard InChI is InChI=1S/C9H12FN/c1-2-9(10)5-7-3-4-8(6-9)11-7/h1,7-8,11H,3-6H2. The molecule has 2 bridgehead atoms. The molecule has 2 aliphatic heterocycles. The second-order valence-electron chi connectivity index (χ2n) is 3.66. The number of terminal acetylenes is 1. The number of rotatable bonds is 0. The van der Waals surface area contributed by atoms with Crippen LogP contribution >= 0.6 is 0 Å². The molecule has 1 nitrogen and oxygen atoms in total. The fourth-order valence-corrected chi connectivity index (χ4v) is 2.21. The monoisotopic (exact) mass is 153 g/mol. The van der Waals surface area contributed by atoms with E-state index in [4.69, 9.17) is 6.42 Å². The van der Waals surface area contributed by atoms with E-state index in [1.54, 1.807) is 0 Å². The Morgan fingerprint density at radius 3 is 2.36 bits per heavy atom. The van der Waals surface area contributed by atoms with Gasteiger partial charge < -0.3 is 5.32 Å². The maximum Gasteiger partial charge on any atom is 0.173 e. The fraction of sp³-hybridized carbons (Fsp3) is 0.778. The third-order valence-corrected chi connectivity index (χ3v) is 2.73. The van der Waals surface area contributed by atoms with E-state index in [0.717, 1.165) is 12.8 Å². The van der Waals surface area contributed by atoms with E-state index in [1.807, 2.05) is 0 Å². The highest BCUT2D eigenvalue weighted by molar-refractivity contribution is 5.15. The summed E-state index contributed by atoms with van der Waals surface area (Å²) in [5.41, 5.74) is -1.31. The molecule has 0 aromatic rings. The second kappa shape index (κ2) is 2.22. The van der Waals surface area contributed by atoms with Crippen molar-refractivity contribution in [1.29, 1.82) is 0 Å². The van der Waals surface area contributed by atoms with Crippen molar-refractivity contribution in [2.24, 2.45) is 0 Å². The van der Waals surface area contributed by atoms with Gasteiger partial charge >= 0.3 is 0 Å². The fourth-order valence-electron chi connectivity index (χ4n) is 2.21. The molecule has 2 fully saturated rings. The number of alkyl halides is 1. The Morgan fingerprint density at radius 2 is 1.91 bits per heavy atom. The first-order valence-electron chi connectivity index (χ1n) is 4.15. The summed E-state index contributed by atoms with van der Waals surface area (Å²) in [5, 5.41) is 3.34. The maximum atomic E-state index is 13.6. The lowest BCUT2D eigenvalue weighted by molar-refractivity contribution is 0.151. The molecule has 1 N–H and O–H groups in total. The van der Waals surface area contributed by atoms with Crippen molar-refractivity contribution in [2.75, 3.05) is 0 Å². The van der Waals surface area contributed by atoms with Crippen molar-refractivity contribution in [3.8, 4) is 12.3 Å². The summed E-state index contributed by atoms with van der Waals surface area (Å²) in [6, 6.07) is 0.685. The van der Waals surface area contributed by atoms with Crippen LogP contribution in [-0.4, -0.2) is 17.8 Å². The second-order valence-corrected chi connectivity index (χ2v) is 3.66. The van der Waals surface area contributed by atoms with Crippen LogP contribution in [0.5, 0.6) is 0 Å². The first kappa shape index (κ1) is 7.12. The van der Waals surface area contributed by atoms with E-state index in [1.165, 1.54) is 0 Å². The number of piperidine rings is 1. The van der Waals surface area contributed by atoms with Crippen LogP contribution in [0.3, 0.4) is 0 Å². The molecular formula is C9H12FN. The van der Waals surface area contributed by atoms with Gasteiger partial charge in [-0.2, -0.15) is 0 Å². The molecule has 0 aromatic heterocycles. The van der Waals surface area contributed by atoms with Crippen LogP contribution < -0.4 is 5.32 Å². The summed E-state index contributed by atoms with van der Waals surface area (Å²) >= 11 is 0. The molecule has 0 radical (unpaired) electrons. The number of fused-ring (bicyclic) bond motifs is 2. The third kappa shape index (κ3) is 1.14. The number of nitrogens with one attached hydrogen (secondary N) is 1. The highest BCUT2D eigenvalue weighted by Gasteiger charge is 2.42. The van der Waals surface area contributed by atoms with Crippen molar-refractivity contribution in [1.82, 2.24) is 5.32 Å². The summed E-state index contributed by atoms with van der Waals surface area (Å²) in [4.78, 5) is 0. The normalized spacial score (nSPS) is 48.7. The van der Waals surface area contributed by atoms with Crippen molar-refractivity contribution >= 4 is 0 Å². The zero-order chi connectivity index (χ0) is 7.90. The van der Waals surface area contributed by atoms with Crippen molar-refractivity contribution < 1.29 is 4.39 Å². The molecule has 0 aromatic carbocycles. The highest BCUT2D eigenvalue weighted by atomic mass is 19.1. The molecule has 2 saturated heterocycles. The van der Waals surface area contributed by atoms with Crippen molar-refractivity contribution in [3.63, 3.8) is 0 Å². The summed E-state index contributed by atoms with van der Waals surface area (Å²) in [6.45, 7) is 0. The largest absolute Gasteiger partial charge is 0.311 e. The lowest BCUT2D eigenvalue weighted by Gasteiger charge is -2.30. The molecular weight excluding hydrogens is 141 g/mol. The lowest BCUT2D eigenvalue weighted by Crippen LogP contribution is -2.45. The Kier molecular flexibility index (Phi) is 1.43. The number of halogens is 1. The van der Waals surface area contributed by atoms with Crippen LogP contribution in [0.25, 0.3) is 0 Å². The van der Waals surface area contributed by atoms with E-state index in [9.17, 15) is 4.39 Å². The van der Waals surface area contributed by atoms with Crippen LogP contribution in [0.15, 0.2) is 0 Å². The molecule has 0 spiro atoms. The summed E-state index contributed by atoms with van der Waals surface area (Å²) in [7, 11) is 0. The van der Waals surface area contributed by atoms with Crippen molar-refractivity contribution in [3.05, 3.63) is 0 Å².